The monoisotopic (exact) mass is 249 g/mol. The summed E-state index contributed by atoms with van der Waals surface area (Å²) in [6.07, 6.45) is 2.83. The van der Waals surface area contributed by atoms with E-state index in [1.54, 1.807) is 0 Å². The van der Waals surface area contributed by atoms with Crippen LogP contribution in [0.15, 0.2) is 0 Å². The fourth-order valence-corrected chi connectivity index (χ4v) is 2.03. The van der Waals surface area contributed by atoms with Crippen LogP contribution in [0.25, 0.3) is 0 Å². The van der Waals surface area contributed by atoms with Crippen molar-refractivity contribution in [2.24, 2.45) is 5.73 Å². The van der Waals surface area contributed by atoms with Crippen LogP contribution in [0.4, 0.5) is 0 Å². The smallest absolute Gasteiger partial charge is 0.239 e. The van der Waals surface area contributed by atoms with Crippen LogP contribution in [-0.2, 0) is 4.79 Å². The summed E-state index contributed by atoms with van der Waals surface area (Å²) >= 11 is 0. The number of nitrogens with zero attached hydrogens (tertiary/aromatic N) is 2. The largest absolute Gasteiger partial charge is 0.340 e. The summed E-state index contributed by atoms with van der Waals surface area (Å²) in [6.45, 7) is 3.75. The molecule has 0 bridgehead atoms. The molecule has 0 radical (unpaired) electrons. The third-order valence-corrected chi connectivity index (χ3v) is 3.12. The van der Waals surface area contributed by atoms with E-state index in [0.29, 0.717) is 6.04 Å². The average Bonchev–Trinajstić information content (AvgIpc) is 2.65. The minimum absolute atomic E-state index is 0. The maximum Gasteiger partial charge on any atom is 0.239 e. The highest BCUT2D eigenvalue weighted by Gasteiger charge is 2.29. The molecule has 1 rings (SSSR count). The molecule has 1 heterocycles. The van der Waals surface area contributed by atoms with E-state index in [1.807, 2.05) is 4.90 Å². The fourth-order valence-electron chi connectivity index (χ4n) is 2.03. The molecule has 2 atom stereocenters. The topological polar surface area (TPSA) is 49.6 Å². The fraction of sp³-hybridized carbons (Fsp3) is 0.909. The van der Waals surface area contributed by atoms with E-state index in [-0.39, 0.29) is 24.4 Å². The van der Waals surface area contributed by atoms with Gasteiger partial charge in [0.2, 0.25) is 5.91 Å². The molecule has 0 aliphatic carbocycles. The van der Waals surface area contributed by atoms with Gasteiger partial charge in [0.15, 0.2) is 0 Å². The van der Waals surface area contributed by atoms with Crippen LogP contribution >= 0.6 is 12.4 Å². The summed E-state index contributed by atoms with van der Waals surface area (Å²) in [5, 5.41) is 0. The number of amides is 1. The van der Waals surface area contributed by atoms with Crippen molar-refractivity contribution < 1.29 is 4.79 Å². The second-order valence-corrected chi connectivity index (χ2v) is 4.59. The van der Waals surface area contributed by atoms with E-state index < -0.39 is 0 Å². The Kier molecular flexibility index (Phi) is 6.95. The molecule has 16 heavy (non-hydrogen) atoms. The molecule has 0 aromatic heterocycles. The van der Waals surface area contributed by atoms with Gasteiger partial charge in [-0.15, -0.1) is 12.4 Å². The van der Waals surface area contributed by atoms with Gasteiger partial charge in [-0.1, -0.05) is 13.3 Å². The predicted molar refractivity (Wildman–Crippen MR) is 68.8 cm³/mol. The number of halogens is 1. The Morgan fingerprint density at radius 1 is 1.56 bits per heavy atom. The summed E-state index contributed by atoms with van der Waals surface area (Å²) in [5.74, 6) is 0.126. The number of carbonyl (C=O) groups is 1. The minimum Gasteiger partial charge on any atom is -0.340 e. The zero-order valence-electron chi connectivity index (χ0n) is 10.5. The zero-order chi connectivity index (χ0) is 11.4. The SMILES string of the molecule is CCCC(N)C(=O)N1CCC(N(C)C)C1.Cl. The van der Waals surface area contributed by atoms with Crippen molar-refractivity contribution in [3.8, 4) is 0 Å². The minimum atomic E-state index is -0.295. The van der Waals surface area contributed by atoms with E-state index in [9.17, 15) is 4.79 Å². The standard InChI is InChI=1S/C11H23N3O.ClH/c1-4-5-10(12)11(15)14-7-6-9(8-14)13(2)3;/h9-10H,4-8,12H2,1-3H3;1H. The molecule has 1 amide bonds. The van der Waals surface area contributed by atoms with Crippen LogP contribution in [0.3, 0.4) is 0 Å². The van der Waals surface area contributed by atoms with Crippen molar-refractivity contribution in [1.29, 1.82) is 0 Å². The van der Waals surface area contributed by atoms with E-state index in [4.69, 9.17) is 5.73 Å². The van der Waals surface area contributed by atoms with Gasteiger partial charge in [-0.2, -0.15) is 0 Å². The number of carbonyl (C=O) groups excluding carboxylic acids is 1. The number of hydrogen-bond donors (Lipinski definition) is 1. The molecule has 0 saturated carbocycles. The normalized spacial score (nSPS) is 22.1. The van der Waals surface area contributed by atoms with Crippen molar-refractivity contribution in [3.05, 3.63) is 0 Å². The van der Waals surface area contributed by atoms with Gasteiger partial charge in [0, 0.05) is 19.1 Å². The lowest BCUT2D eigenvalue weighted by molar-refractivity contribution is -0.131. The van der Waals surface area contributed by atoms with Crippen molar-refractivity contribution in [1.82, 2.24) is 9.80 Å². The van der Waals surface area contributed by atoms with Gasteiger partial charge in [-0.25, -0.2) is 0 Å². The first-order valence-corrected chi connectivity index (χ1v) is 5.77. The molecule has 1 saturated heterocycles. The number of likely N-dealkylation sites (tertiary alicyclic amines) is 1. The second kappa shape index (κ2) is 7.09. The van der Waals surface area contributed by atoms with E-state index in [0.717, 1.165) is 32.4 Å². The number of hydrogen-bond acceptors (Lipinski definition) is 3. The predicted octanol–water partition coefficient (Wildman–Crippen LogP) is 0.698. The third kappa shape index (κ3) is 3.92. The van der Waals surface area contributed by atoms with E-state index >= 15 is 0 Å². The Morgan fingerprint density at radius 3 is 2.62 bits per heavy atom. The first-order valence-electron chi connectivity index (χ1n) is 5.77. The molecule has 1 aliphatic rings. The first-order chi connectivity index (χ1) is 7.06. The molecule has 1 aliphatic heterocycles. The van der Waals surface area contributed by atoms with Gasteiger partial charge in [-0.05, 0) is 26.9 Å². The highest BCUT2D eigenvalue weighted by Crippen LogP contribution is 2.14. The van der Waals surface area contributed by atoms with E-state index in [1.165, 1.54) is 0 Å². The third-order valence-electron chi connectivity index (χ3n) is 3.12. The highest BCUT2D eigenvalue weighted by atomic mass is 35.5. The zero-order valence-corrected chi connectivity index (χ0v) is 11.3. The number of likely N-dealkylation sites (N-methyl/N-ethyl adjacent to an activating group) is 1. The van der Waals surface area contributed by atoms with Crippen LogP contribution in [-0.4, -0.2) is 55.0 Å². The molecule has 5 heteroatoms. The van der Waals surface area contributed by atoms with Crippen LogP contribution in [0.1, 0.15) is 26.2 Å². The number of nitrogens with two attached hydrogens (primary N) is 1. The van der Waals surface area contributed by atoms with Gasteiger partial charge < -0.3 is 15.5 Å². The van der Waals surface area contributed by atoms with Gasteiger partial charge in [-0.3, -0.25) is 4.79 Å². The number of rotatable bonds is 4. The molecule has 96 valence electrons. The first kappa shape index (κ1) is 15.7. The summed E-state index contributed by atoms with van der Waals surface area (Å²) < 4.78 is 0. The Bertz CT molecular complexity index is 223. The molecular weight excluding hydrogens is 226 g/mol. The van der Waals surface area contributed by atoms with Crippen LogP contribution in [0, 0.1) is 0 Å². The molecule has 2 N–H and O–H groups in total. The van der Waals surface area contributed by atoms with Crippen LogP contribution in [0.5, 0.6) is 0 Å². The average molecular weight is 250 g/mol. The summed E-state index contributed by atoms with van der Waals surface area (Å²) in [5.41, 5.74) is 5.82. The molecule has 4 nitrogen and oxygen atoms in total. The summed E-state index contributed by atoms with van der Waals surface area (Å²) in [7, 11) is 4.12. The Labute approximate surface area is 105 Å². The van der Waals surface area contributed by atoms with Crippen molar-refractivity contribution in [2.75, 3.05) is 27.2 Å². The quantitative estimate of drug-likeness (QED) is 0.798. The van der Waals surface area contributed by atoms with Gasteiger partial charge >= 0.3 is 0 Å². The molecule has 0 spiro atoms. The lowest BCUT2D eigenvalue weighted by Crippen LogP contribution is -2.43. The Balaban J connectivity index is 0.00000225. The Hall–Kier alpha value is -0.320. The van der Waals surface area contributed by atoms with Gasteiger partial charge in [0.05, 0.1) is 6.04 Å². The van der Waals surface area contributed by atoms with Crippen LogP contribution < -0.4 is 5.73 Å². The molecular formula is C11H24ClN3O. The van der Waals surface area contributed by atoms with Gasteiger partial charge in [0.1, 0.15) is 0 Å². The molecule has 2 unspecified atom stereocenters. The second-order valence-electron chi connectivity index (χ2n) is 4.59. The lowest BCUT2D eigenvalue weighted by atomic mass is 10.1. The van der Waals surface area contributed by atoms with Gasteiger partial charge in [0.25, 0.3) is 0 Å². The van der Waals surface area contributed by atoms with Crippen molar-refractivity contribution in [3.63, 3.8) is 0 Å². The Morgan fingerprint density at radius 2 is 2.19 bits per heavy atom. The summed E-state index contributed by atoms with van der Waals surface area (Å²) in [4.78, 5) is 16.0. The van der Waals surface area contributed by atoms with Crippen LogP contribution in [0.2, 0.25) is 0 Å². The highest BCUT2D eigenvalue weighted by molar-refractivity contribution is 5.85. The molecule has 1 fully saturated rings. The maximum atomic E-state index is 11.9. The van der Waals surface area contributed by atoms with Crippen molar-refractivity contribution in [2.45, 2.75) is 38.3 Å². The summed E-state index contributed by atoms with van der Waals surface area (Å²) in [6, 6.07) is 0.207. The lowest BCUT2D eigenvalue weighted by Gasteiger charge is -2.22. The van der Waals surface area contributed by atoms with Crippen molar-refractivity contribution >= 4 is 18.3 Å². The molecule has 0 aromatic rings. The van der Waals surface area contributed by atoms with E-state index in [2.05, 4.69) is 25.9 Å². The maximum absolute atomic E-state index is 11.9. The molecule has 0 aromatic carbocycles.